The highest BCUT2D eigenvalue weighted by Gasteiger charge is 2.32. The number of piperidine rings is 1. The van der Waals surface area contributed by atoms with E-state index in [2.05, 4.69) is 28.1 Å². The molecule has 0 saturated carbocycles. The average Bonchev–Trinajstić information content (AvgIpc) is 2.70. The Labute approximate surface area is 158 Å². The molecule has 4 rings (SSSR count). The van der Waals surface area contributed by atoms with E-state index in [9.17, 15) is 9.90 Å². The van der Waals surface area contributed by atoms with Crippen molar-refractivity contribution in [1.82, 2.24) is 14.9 Å². The van der Waals surface area contributed by atoms with Crippen molar-refractivity contribution in [2.75, 3.05) is 13.1 Å². The van der Waals surface area contributed by atoms with E-state index in [1.54, 1.807) is 0 Å². The Kier molecular flexibility index (Phi) is 4.86. The van der Waals surface area contributed by atoms with Gasteiger partial charge in [-0.3, -0.25) is 19.7 Å². The van der Waals surface area contributed by atoms with Gasteiger partial charge in [0, 0.05) is 24.3 Å². The molecule has 3 heterocycles. The summed E-state index contributed by atoms with van der Waals surface area (Å²) in [6.45, 7) is 3.42. The third kappa shape index (κ3) is 3.55. The zero-order valence-corrected chi connectivity index (χ0v) is 15.4. The van der Waals surface area contributed by atoms with E-state index >= 15 is 0 Å². The number of benzene rings is 1. The molecule has 1 aromatic carbocycles. The van der Waals surface area contributed by atoms with Gasteiger partial charge >= 0.3 is 5.97 Å². The summed E-state index contributed by atoms with van der Waals surface area (Å²) in [5, 5.41) is 10.6. The predicted molar refractivity (Wildman–Crippen MR) is 104 cm³/mol. The number of aromatic nitrogens is 2. The van der Waals surface area contributed by atoms with Crippen LogP contribution in [-0.4, -0.2) is 39.0 Å². The first-order valence-corrected chi connectivity index (χ1v) is 9.36. The zero-order chi connectivity index (χ0) is 18.8. The van der Waals surface area contributed by atoms with Crippen molar-refractivity contribution in [2.45, 2.75) is 25.8 Å². The van der Waals surface area contributed by atoms with Crippen LogP contribution in [0.2, 0.25) is 0 Å². The predicted octanol–water partition coefficient (Wildman–Crippen LogP) is 3.82. The van der Waals surface area contributed by atoms with Gasteiger partial charge in [-0.15, -0.1) is 0 Å². The summed E-state index contributed by atoms with van der Waals surface area (Å²) in [6.07, 6.45) is 5.32. The molecular formula is C22H23N3O2. The van der Waals surface area contributed by atoms with Crippen molar-refractivity contribution in [3.05, 3.63) is 71.7 Å². The van der Waals surface area contributed by atoms with Crippen LogP contribution in [0.25, 0.3) is 10.9 Å². The van der Waals surface area contributed by atoms with Crippen molar-refractivity contribution >= 4 is 16.9 Å². The van der Waals surface area contributed by atoms with Crippen LogP contribution in [-0.2, 0) is 4.79 Å². The Morgan fingerprint density at radius 1 is 1.19 bits per heavy atom. The summed E-state index contributed by atoms with van der Waals surface area (Å²) < 4.78 is 0. The number of likely N-dealkylation sites (tertiary alicyclic amines) is 1. The maximum Gasteiger partial charge on any atom is 0.307 e. The minimum atomic E-state index is -0.713. The molecule has 0 amide bonds. The van der Waals surface area contributed by atoms with Crippen LogP contribution in [0.5, 0.6) is 0 Å². The molecule has 0 bridgehead atoms. The van der Waals surface area contributed by atoms with Gasteiger partial charge in [-0.05, 0) is 55.6 Å². The maximum absolute atomic E-state index is 11.6. The smallest absolute Gasteiger partial charge is 0.307 e. The Morgan fingerprint density at radius 2 is 2.04 bits per heavy atom. The van der Waals surface area contributed by atoms with E-state index in [1.807, 2.05) is 43.6 Å². The Bertz CT molecular complexity index is 950. The number of hydrogen-bond acceptors (Lipinski definition) is 4. The second-order valence-corrected chi connectivity index (χ2v) is 7.25. The fraction of sp³-hybridized carbons (Fsp3) is 0.318. The van der Waals surface area contributed by atoms with Gasteiger partial charge in [0.05, 0.1) is 23.2 Å². The number of para-hydroxylation sites is 1. The van der Waals surface area contributed by atoms with E-state index in [4.69, 9.17) is 4.98 Å². The molecule has 1 fully saturated rings. The third-order valence-corrected chi connectivity index (χ3v) is 5.36. The van der Waals surface area contributed by atoms with Gasteiger partial charge < -0.3 is 5.11 Å². The van der Waals surface area contributed by atoms with Gasteiger partial charge in [-0.1, -0.05) is 24.3 Å². The highest BCUT2D eigenvalue weighted by molar-refractivity contribution is 5.82. The molecule has 0 aliphatic carbocycles. The molecule has 2 aromatic heterocycles. The number of fused-ring (bicyclic) bond motifs is 1. The van der Waals surface area contributed by atoms with E-state index in [0.29, 0.717) is 6.54 Å². The van der Waals surface area contributed by atoms with Crippen LogP contribution in [0.1, 0.15) is 35.7 Å². The number of carboxylic acid groups (broad SMARTS) is 1. The normalized spacial score (nSPS) is 19.1. The van der Waals surface area contributed by atoms with Crippen LogP contribution < -0.4 is 0 Å². The lowest BCUT2D eigenvalue weighted by Crippen LogP contribution is -2.41. The highest BCUT2D eigenvalue weighted by atomic mass is 16.4. The van der Waals surface area contributed by atoms with E-state index < -0.39 is 5.97 Å². The molecule has 0 spiro atoms. The second kappa shape index (κ2) is 7.45. The first-order chi connectivity index (χ1) is 13.1. The molecule has 5 heteroatoms. The highest BCUT2D eigenvalue weighted by Crippen LogP contribution is 2.35. The molecule has 1 aliphatic heterocycles. The van der Waals surface area contributed by atoms with Crippen LogP contribution in [0.4, 0.5) is 0 Å². The van der Waals surface area contributed by atoms with Crippen molar-refractivity contribution in [1.29, 1.82) is 0 Å². The summed E-state index contributed by atoms with van der Waals surface area (Å²) in [5.41, 5.74) is 4.13. The lowest BCUT2D eigenvalue weighted by Gasteiger charge is -2.37. The van der Waals surface area contributed by atoms with Crippen molar-refractivity contribution in [3.8, 4) is 0 Å². The number of rotatable bonds is 4. The van der Waals surface area contributed by atoms with Crippen molar-refractivity contribution in [2.24, 2.45) is 5.92 Å². The zero-order valence-electron chi connectivity index (χ0n) is 15.4. The largest absolute Gasteiger partial charge is 0.481 e. The Balaban J connectivity index is 1.83. The van der Waals surface area contributed by atoms with Gasteiger partial charge in [0.25, 0.3) is 0 Å². The fourth-order valence-corrected chi connectivity index (χ4v) is 3.98. The standard InChI is InChI=1S/C22H23N3O2/c1-15-8-9-20(24-13-15)21(25-12-4-5-16(14-25)22(26)27)18-10-11-23-19-7-3-2-6-17(18)19/h2-3,6-11,13,16,21H,4-5,12,14H2,1H3,(H,26,27). The lowest BCUT2D eigenvalue weighted by atomic mass is 9.92. The van der Waals surface area contributed by atoms with Crippen LogP contribution in [0.3, 0.4) is 0 Å². The minimum Gasteiger partial charge on any atom is -0.481 e. The number of carboxylic acids is 1. The second-order valence-electron chi connectivity index (χ2n) is 7.25. The molecule has 5 nitrogen and oxygen atoms in total. The first kappa shape index (κ1) is 17.6. The van der Waals surface area contributed by atoms with E-state index in [-0.39, 0.29) is 12.0 Å². The number of aryl methyl sites for hydroxylation is 1. The molecule has 2 atom stereocenters. The molecule has 0 radical (unpaired) electrons. The molecule has 27 heavy (non-hydrogen) atoms. The number of nitrogens with zero attached hydrogens (tertiary/aromatic N) is 3. The molecular weight excluding hydrogens is 338 g/mol. The van der Waals surface area contributed by atoms with Crippen LogP contribution >= 0.6 is 0 Å². The van der Waals surface area contributed by atoms with Crippen LogP contribution in [0, 0.1) is 12.8 Å². The first-order valence-electron chi connectivity index (χ1n) is 9.36. The summed E-state index contributed by atoms with van der Waals surface area (Å²) in [6, 6.07) is 14.2. The van der Waals surface area contributed by atoms with Gasteiger partial charge in [0.2, 0.25) is 0 Å². The number of pyridine rings is 2. The lowest BCUT2D eigenvalue weighted by molar-refractivity contribution is -0.143. The number of carbonyl (C=O) groups is 1. The molecule has 1 saturated heterocycles. The average molecular weight is 361 g/mol. The SMILES string of the molecule is Cc1ccc(C(c2ccnc3ccccc23)N2CCCC(C(=O)O)C2)nc1. The Hall–Kier alpha value is -2.79. The quantitative estimate of drug-likeness (QED) is 0.765. The van der Waals surface area contributed by atoms with Crippen LogP contribution in [0.15, 0.2) is 54.9 Å². The summed E-state index contributed by atoms with van der Waals surface area (Å²) >= 11 is 0. The molecule has 1 N–H and O–H groups in total. The topological polar surface area (TPSA) is 66.3 Å². The summed E-state index contributed by atoms with van der Waals surface area (Å²) in [4.78, 5) is 23.1. The minimum absolute atomic E-state index is 0.0827. The molecule has 138 valence electrons. The molecule has 2 unspecified atom stereocenters. The maximum atomic E-state index is 11.6. The van der Waals surface area contributed by atoms with Crippen molar-refractivity contribution in [3.63, 3.8) is 0 Å². The Morgan fingerprint density at radius 3 is 2.81 bits per heavy atom. The number of aliphatic carboxylic acids is 1. The van der Waals surface area contributed by atoms with Gasteiger partial charge in [0.1, 0.15) is 0 Å². The number of hydrogen-bond donors (Lipinski definition) is 1. The van der Waals surface area contributed by atoms with Gasteiger partial charge in [-0.25, -0.2) is 0 Å². The third-order valence-electron chi connectivity index (χ3n) is 5.36. The fourth-order valence-electron chi connectivity index (χ4n) is 3.98. The van der Waals surface area contributed by atoms with E-state index in [1.165, 1.54) is 0 Å². The monoisotopic (exact) mass is 361 g/mol. The van der Waals surface area contributed by atoms with Crippen molar-refractivity contribution < 1.29 is 9.90 Å². The summed E-state index contributed by atoms with van der Waals surface area (Å²) in [5.74, 6) is -1.05. The van der Waals surface area contributed by atoms with E-state index in [0.717, 1.165) is 47.1 Å². The van der Waals surface area contributed by atoms with Gasteiger partial charge in [-0.2, -0.15) is 0 Å². The molecule has 1 aliphatic rings. The summed E-state index contributed by atoms with van der Waals surface area (Å²) in [7, 11) is 0. The van der Waals surface area contributed by atoms with Gasteiger partial charge in [0.15, 0.2) is 0 Å². The molecule has 3 aromatic rings.